The van der Waals surface area contributed by atoms with Crippen LogP contribution in [-0.2, 0) is 21.9 Å². The summed E-state index contributed by atoms with van der Waals surface area (Å²) in [6, 6.07) is 11.2. The van der Waals surface area contributed by atoms with Crippen LogP contribution in [0.5, 0.6) is 5.75 Å². The van der Waals surface area contributed by atoms with Gasteiger partial charge in [0, 0.05) is 23.5 Å². The molecule has 232 valence electrons. The van der Waals surface area contributed by atoms with Crippen LogP contribution >= 0.6 is 11.6 Å². The van der Waals surface area contributed by atoms with E-state index in [0.29, 0.717) is 38.3 Å². The summed E-state index contributed by atoms with van der Waals surface area (Å²) in [6.07, 6.45) is 10.8. The molecule has 6 rings (SSSR count). The van der Waals surface area contributed by atoms with Gasteiger partial charge in [-0.05, 0) is 111 Å². The molecule has 8 nitrogen and oxygen atoms in total. The normalized spacial score (nSPS) is 29.7. The number of anilines is 1. The van der Waals surface area contributed by atoms with Gasteiger partial charge in [-0.25, -0.2) is 18.4 Å². The van der Waals surface area contributed by atoms with Gasteiger partial charge in [0.25, 0.3) is 0 Å². The van der Waals surface area contributed by atoms with E-state index in [2.05, 4.69) is 17.0 Å². The number of allylic oxidation sites excluding steroid dienone is 1. The second-order valence-electron chi connectivity index (χ2n) is 13.1. The molecule has 1 unspecified atom stereocenters. The Morgan fingerprint density at radius 1 is 1.16 bits per heavy atom. The van der Waals surface area contributed by atoms with Crippen LogP contribution in [-0.4, -0.2) is 55.7 Å². The van der Waals surface area contributed by atoms with Crippen molar-refractivity contribution >= 4 is 33.3 Å². The number of nitrogens with zero attached hydrogens (tertiary/aromatic N) is 1. The van der Waals surface area contributed by atoms with E-state index in [1.807, 2.05) is 18.2 Å². The molecule has 4 N–H and O–H groups in total. The minimum absolute atomic E-state index is 0.0672. The van der Waals surface area contributed by atoms with Gasteiger partial charge in [-0.2, -0.15) is 0 Å². The highest BCUT2D eigenvalue weighted by Crippen LogP contribution is 2.46. The Bertz CT molecular complexity index is 1510. The maximum Gasteiger partial charge on any atom is 0.335 e. The van der Waals surface area contributed by atoms with Crippen molar-refractivity contribution in [3.8, 4) is 5.75 Å². The van der Waals surface area contributed by atoms with Crippen molar-refractivity contribution in [1.82, 2.24) is 0 Å². The summed E-state index contributed by atoms with van der Waals surface area (Å²) >= 11 is 6.37. The molecule has 10 heteroatoms. The first-order chi connectivity index (χ1) is 20.5. The van der Waals surface area contributed by atoms with Gasteiger partial charge < -0.3 is 19.8 Å². The van der Waals surface area contributed by atoms with Crippen LogP contribution in [0.4, 0.5) is 5.69 Å². The zero-order valence-corrected chi connectivity index (χ0v) is 25.9. The summed E-state index contributed by atoms with van der Waals surface area (Å²) in [7, 11) is -3.56. The molecule has 6 atom stereocenters. The molecule has 1 heterocycles. The van der Waals surface area contributed by atoms with E-state index in [-0.39, 0.29) is 28.7 Å². The van der Waals surface area contributed by atoms with E-state index in [1.165, 1.54) is 11.1 Å². The van der Waals surface area contributed by atoms with E-state index in [4.69, 9.17) is 21.5 Å². The molecular formula is C33H41ClN2O6S. The summed E-state index contributed by atoms with van der Waals surface area (Å²) in [5, 5.41) is 26.6. The second kappa shape index (κ2) is 12.1. The molecule has 2 aromatic carbocycles. The number of rotatable bonds is 7. The number of primary sulfonamides is 1. The Balaban J connectivity index is 1.24. The smallest absolute Gasteiger partial charge is 0.335 e. The standard InChI is InChI=1S/C33H41ClN2O6S/c34-25-9-11-28-22(16-25)4-2-14-33(28)19-36(29-17-23(32(38)39)8-13-31(29)42-20-33)18-24-7-10-27(24)30(37)12-6-21-3-1-5-26(15-21)43(35,40)41/h6,8-9,11-13,16-17,21,24,26-27,30,37H,1-5,7,10,14-15,18-20H2,(H,38,39)(H2,35,40,41)/b12-6+/t21-,24-,26-,27+,30?,33-/m0/s1. The lowest BCUT2D eigenvalue weighted by atomic mass is 9.68. The first-order valence-corrected chi connectivity index (χ1v) is 17.4. The van der Waals surface area contributed by atoms with Gasteiger partial charge in [0.2, 0.25) is 10.0 Å². The van der Waals surface area contributed by atoms with Crippen molar-refractivity contribution in [3.05, 3.63) is 70.3 Å². The number of aliphatic hydroxyl groups is 1. The van der Waals surface area contributed by atoms with Crippen molar-refractivity contribution < 1.29 is 28.2 Å². The average Bonchev–Trinajstić information content (AvgIpc) is 3.10. The minimum atomic E-state index is -3.56. The molecule has 43 heavy (non-hydrogen) atoms. The van der Waals surface area contributed by atoms with Crippen molar-refractivity contribution in [3.63, 3.8) is 0 Å². The van der Waals surface area contributed by atoms with Gasteiger partial charge in [0.05, 0.1) is 29.2 Å². The maximum atomic E-state index is 11.9. The molecule has 0 saturated heterocycles. The van der Waals surface area contributed by atoms with Crippen LogP contribution in [0.3, 0.4) is 0 Å². The van der Waals surface area contributed by atoms with Crippen LogP contribution < -0.4 is 14.8 Å². The number of aliphatic hydroxyl groups excluding tert-OH is 1. The maximum absolute atomic E-state index is 11.9. The van der Waals surface area contributed by atoms with Gasteiger partial charge in [-0.15, -0.1) is 0 Å². The summed E-state index contributed by atoms with van der Waals surface area (Å²) in [4.78, 5) is 14.2. The SMILES string of the molecule is NS(=O)(=O)[C@H]1CCC[C@@H](/C=C/C(O)[C@@H]2CC[C@H]2CN2C[C@@]3(CCCc4cc(Cl)ccc43)COc3ccc(C(=O)O)cc32)C1. The van der Waals surface area contributed by atoms with Crippen LogP contribution in [0.15, 0.2) is 48.6 Å². The number of ether oxygens (including phenoxy) is 1. The molecule has 0 radical (unpaired) electrons. The Morgan fingerprint density at radius 3 is 2.74 bits per heavy atom. The number of carboxylic acid groups (broad SMARTS) is 1. The fraction of sp³-hybridized carbons (Fsp3) is 0.545. The van der Waals surface area contributed by atoms with Crippen molar-refractivity contribution in [2.24, 2.45) is 22.9 Å². The van der Waals surface area contributed by atoms with Crippen molar-refractivity contribution in [2.45, 2.75) is 74.6 Å². The molecule has 2 aromatic rings. The highest BCUT2D eigenvalue weighted by atomic mass is 35.5. The van der Waals surface area contributed by atoms with Crippen LogP contribution in [0.1, 0.15) is 72.9 Å². The zero-order valence-electron chi connectivity index (χ0n) is 24.3. The monoisotopic (exact) mass is 628 g/mol. The summed E-state index contributed by atoms with van der Waals surface area (Å²) in [6.45, 7) is 1.86. The molecule has 3 aliphatic carbocycles. The van der Waals surface area contributed by atoms with E-state index in [1.54, 1.807) is 18.2 Å². The van der Waals surface area contributed by atoms with Gasteiger partial charge >= 0.3 is 5.97 Å². The Morgan fingerprint density at radius 2 is 2.00 bits per heavy atom. The first-order valence-electron chi connectivity index (χ1n) is 15.4. The molecule has 1 aliphatic heterocycles. The highest BCUT2D eigenvalue weighted by molar-refractivity contribution is 7.89. The zero-order chi connectivity index (χ0) is 30.4. The average molecular weight is 629 g/mol. The largest absolute Gasteiger partial charge is 0.490 e. The number of sulfonamides is 1. The predicted molar refractivity (Wildman–Crippen MR) is 167 cm³/mol. The van der Waals surface area contributed by atoms with Gasteiger partial charge in [-0.1, -0.05) is 36.2 Å². The Labute approximate surface area is 258 Å². The van der Waals surface area contributed by atoms with Crippen LogP contribution in [0, 0.1) is 17.8 Å². The van der Waals surface area contributed by atoms with Crippen molar-refractivity contribution in [1.29, 1.82) is 0 Å². The van der Waals surface area contributed by atoms with E-state index in [9.17, 15) is 23.4 Å². The second-order valence-corrected chi connectivity index (χ2v) is 15.4. The molecule has 2 fully saturated rings. The fourth-order valence-electron chi connectivity index (χ4n) is 7.87. The van der Waals surface area contributed by atoms with Gasteiger partial charge in [0.15, 0.2) is 0 Å². The number of carboxylic acids is 1. The van der Waals surface area contributed by atoms with Gasteiger partial charge in [0.1, 0.15) is 5.75 Å². The van der Waals surface area contributed by atoms with E-state index < -0.39 is 27.3 Å². The van der Waals surface area contributed by atoms with Crippen molar-refractivity contribution in [2.75, 3.05) is 24.6 Å². The topological polar surface area (TPSA) is 130 Å². The van der Waals surface area contributed by atoms with E-state index >= 15 is 0 Å². The molecule has 4 aliphatic rings. The number of fused-ring (bicyclic) bond motifs is 3. The first kappa shape index (κ1) is 30.4. The molecule has 2 saturated carbocycles. The summed E-state index contributed by atoms with van der Waals surface area (Å²) in [5.41, 5.74) is 3.23. The molecule has 1 spiro atoms. The number of hydrogen-bond acceptors (Lipinski definition) is 6. The lowest BCUT2D eigenvalue weighted by Crippen LogP contribution is -2.49. The van der Waals surface area contributed by atoms with Crippen LogP contribution in [0.2, 0.25) is 5.02 Å². The number of benzene rings is 2. The lowest BCUT2D eigenvalue weighted by molar-refractivity contribution is 0.0453. The quantitative estimate of drug-likeness (QED) is 0.355. The molecular weight excluding hydrogens is 588 g/mol. The lowest BCUT2D eigenvalue weighted by Gasteiger charge is -2.45. The van der Waals surface area contributed by atoms with E-state index in [0.717, 1.165) is 55.7 Å². The molecule has 0 amide bonds. The number of aryl methyl sites for hydroxylation is 1. The number of hydrogen-bond donors (Lipinski definition) is 3. The number of nitrogens with two attached hydrogens (primary N) is 1. The van der Waals surface area contributed by atoms with Crippen LogP contribution in [0.25, 0.3) is 0 Å². The fourth-order valence-corrected chi connectivity index (χ4v) is 9.07. The van der Waals surface area contributed by atoms with Gasteiger partial charge in [-0.3, -0.25) is 0 Å². The number of aromatic carboxylic acids is 1. The minimum Gasteiger partial charge on any atom is -0.490 e. The number of carbonyl (C=O) groups is 1. The Kier molecular flexibility index (Phi) is 8.54. The summed E-state index contributed by atoms with van der Waals surface area (Å²) in [5.74, 6) is 0.0781. The predicted octanol–water partition coefficient (Wildman–Crippen LogP) is 5.30. The number of halogens is 1. The summed E-state index contributed by atoms with van der Waals surface area (Å²) < 4.78 is 30.2. The third kappa shape index (κ3) is 6.32. The molecule has 0 bridgehead atoms. The highest BCUT2D eigenvalue weighted by Gasteiger charge is 2.44. The third-order valence-electron chi connectivity index (χ3n) is 10.4. The molecule has 0 aromatic heterocycles. The third-order valence-corrected chi connectivity index (χ3v) is 12.0. The Hall–Kier alpha value is -2.59.